The summed E-state index contributed by atoms with van der Waals surface area (Å²) in [5.74, 6) is 0.330. The second-order valence-electron chi connectivity index (χ2n) is 3.31. The minimum Gasteiger partial charge on any atom is -0.492 e. The predicted octanol–water partition coefficient (Wildman–Crippen LogP) is 1.61. The molecule has 0 spiro atoms. The third-order valence-electron chi connectivity index (χ3n) is 1.93. The molecule has 1 aromatic rings. The fourth-order valence-electron chi connectivity index (χ4n) is 1.09. The first-order valence-corrected chi connectivity index (χ1v) is 5.20. The summed E-state index contributed by atoms with van der Waals surface area (Å²) in [5, 5.41) is 0.645. The van der Waals surface area contributed by atoms with Crippen LogP contribution in [0.2, 0.25) is 5.02 Å². The van der Waals surface area contributed by atoms with Crippen LogP contribution in [0.25, 0.3) is 0 Å². The highest BCUT2D eigenvalue weighted by Gasteiger charge is 2.10. The van der Waals surface area contributed by atoms with Crippen LogP contribution in [0.1, 0.15) is 6.42 Å². The van der Waals surface area contributed by atoms with Crippen LogP contribution in [-0.2, 0) is 9.53 Å². The normalized spacial score (nSPS) is 11.9. The highest BCUT2D eigenvalue weighted by Crippen LogP contribution is 2.15. The lowest BCUT2D eigenvalue weighted by Gasteiger charge is -2.11. The Labute approximate surface area is 99.3 Å². The van der Waals surface area contributed by atoms with E-state index in [2.05, 4.69) is 4.74 Å². The van der Waals surface area contributed by atoms with Crippen molar-refractivity contribution in [2.75, 3.05) is 13.7 Å². The third kappa shape index (κ3) is 4.51. The molecular formula is C11H14ClNO3. The van der Waals surface area contributed by atoms with Crippen molar-refractivity contribution in [3.63, 3.8) is 0 Å². The molecule has 0 saturated heterocycles. The maximum Gasteiger partial charge on any atom is 0.307 e. The summed E-state index contributed by atoms with van der Waals surface area (Å²) in [6.45, 7) is 0.261. The first-order valence-electron chi connectivity index (χ1n) is 4.82. The molecule has 0 bridgehead atoms. The Morgan fingerprint density at radius 1 is 1.44 bits per heavy atom. The van der Waals surface area contributed by atoms with Crippen molar-refractivity contribution in [1.29, 1.82) is 0 Å². The largest absolute Gasteiger partial charge is 0.492 e. The molecule has 0 aliphatic rings. The van der Waals surface area contributed by atoms with Gasteiger partial charge in [0, 0.05) is 11.1 Å². The molecule has 16 heavy (non-hydrogen) atoms. The zero-order chi connectivity index (χ0) is 12.0. The fraction of sp³-hybridized carbons (Fsp3) is 0.364. The molecule has 1 unspecified atom stereocenters. The van der Waals surface area contributed by atoms with Crippen LogP contribution in [-0.4, -0.2) is 25.7 Å². The minimum absolute atomic E-state index is 0.143. The zero-order valence-electron chi connectivity index (χ0n) is 8.98. The number of hydrogen-bond acceptors (Lipinski definition) is 4. The topological polar surface area (TPSA) is 61.5 Å². The second-order valence-corrected chi connectivity index (χ2v) is 3.74. The van der Waals surface area contributed by atoms with Gasteiger partial charge in [0.15, 0.2) is 0 Å². The van der Waals surface area contributed by atoms with E-state index >= 15 is 0 Å². The number of esters is 1. The van der Waals surface area contributed by atoms with E-state index in [-0.39, 0.29) is 25.0 Å². The van der Waals surface area contributed by atoms with Gasteiger partial charge in [0.25, 0.3) is 0 Å². The number of carbonyl (C=O) groups excluding carboxylic acids is 1. The SMILES string of the molecule is COC(=O)CC(N)COc1ccc(Cl)cc1. The zero-order valence-corrected chi connectivity index (χ0v) is 9.74. The number of ether oxygens (including phenoxy) is 2. The van der Waals surface area contributed by atoms with Crippen molar-refractivity contribution >= 4 is 17.6 Å². The van der Waals surface area contributed by atoms with Crippen molar-refractivity contribution in [3.05, 3.63) is 29.3 Å². The Hall–Kier alpha value is -1.26. The Bertz CT molecular complexity index is 340. The van der Waals surface area contributed by atoms with E-state index in [0.717, 1.165) is 0 Å². The average Bonchev–Trinajstić information content (AvgIpc) is 2.28. The smallest absolute Gasteiger partial charge is 0.307 e. The standard InChI is InChI=1S/C11H14ClNO3/c1-15-11(14)6-9(13)7-16-10-4-2-8(12)3-5-10/h2-5,9H,6-7,13H2,1H3. The van der Waals surface area contributed by atoms with Crippen molar-refractivity contribution in [2.24, 2.45) is 5.73 Å². The molecule has 0 saturated carbocycles. The van der Waals surface area contributed by atoms with E-state index < -0.39 is 0 Å². The second kappa shape index (κ2) is 6.35. The number of nitrogens with two attached hydrogens (primary N) is 1. The van der Waals surface area contributed by atoms with E-state index in [4.69, 9.17) is 22.1 Å². The van der Waals surface area contributed by atoms with E-state index in [9.17, 15) is 4.79 Å². The summed E-state index contributed by atoms with van der Waals surface area (Å²) in [5.41, 5.74) is 5.68. The van der Waals surface area contributed by atoms with E-state index in [0.29, 0.717) is 10.8 Å². The molecule has 4 nitrogen and oxygen atoms in total. The summed E-state index contributed by atoms with van der Waals surface area (Å²) in [6.07, 6.45) is 0.143. The molecule has 5 heteroatoms. The van der Waals surface area contributed by atoms with Gasteiger partial charge in [-0.15, -0.1) is 0 Å². The van der Waals surface area contributed by atoms with E-state index in [1.807, 2.05) is 0 Å². The van der Waals surface area contributed by atoms with Crippen molar-refractivity contribution in [2.45, 2.75) is 12.5 Å². The molecule has 88 valence electrons. The van der Waals surface area contributed by atoms with Crippen LogP contribution in [0.4, 0.5) is 0 Å². The van der Waals surface area contributed by atoms with Gasteiger partial charge in [-0.3, -0.25) is 4.79 Å². The van der Waals surface area contributed by atoms with Crippen LogP contribution in [0, 0.1) is 0 Å². The van der Waals surface area contributed by atoms with E-state index in [1.54, 1.807) is 24.3 Å². The number of benzene rings is 1. The van der Waals surface area contributed by atoms with Gasteiger partial charge in [-0.25, -0.2) is 0 Å². The maximum absolute atomic E-state index is 10.9. The van der Waals surface area contributed by atoms with Gasteiger partial charge >= 0.3 is 5.97 Å². The Morgan fingerprint density at radius 2 is 2.06 bits per heavy atom. The molecular weight excluding hydrogens is 230 g/mol. The summed E-state index contributed by atoms with van der Waals surface area (Å²) >= 11 is 5.72. The molecule has 0 radical (unpaired) electrons. The Morgan fingerprint density at radius 3 is 2.62 bits per heavy atom. The van der Waals surface area contributed by atoms with Crippen LogP contribution < -0.4 is 10.5 Å². The lowest BCUT2D eigenvalue weighted by molar-refractivity contribution is -0.141. The molecule has 0 heterocycles. The molecule has 2 N–H and O–H groups in total. The predicted molar refractivity (Wildman–Crippen MR) is 61.6 cm³/mol. The lowest BCUT2D eigenvalue weighted by Crippen LogP contribution is -2.30. The highest BCUT2D eigenvalue weighted by molar-refractivity contribution is 6.30. The highest BCUT2D eigenvalue weighted by atomic mass is 35.5. The first-order chi connectivity index (χ1) is 7.61. The molecule has 0 fully saturated rings. The Kier molecular flexibility index (Phi) is 5.08. The lowest BCUT2D eigenvalue weighted by atomic mass is 10.2. The van der Waals surface area contributed by atoms with Crippen molar-refractivity contribution < 1.29 is 14.3 Å². The van der Waals surface area contributed by atoms with Gasteiger partial charge in [0.2, 0.25) is 0 Å². The van der Waals surface area contributed by atoms with Gasteiger partial charge < -0.3 is 15.2 Å². The molecule has 0 aromatic heterocycles. The van der Waals surface area contributed by atoms with Crippen LogP contribution >= 0.6 is 11.6 Å². The third-order valence-corrected chi connectivity index (χ3v) is 2.19. The number of rotatable bonds is 5. The Balaban J connectivity index is 2.34. The number of hydrogen-bond donors (Lipinski definition) is 1. The number of carbonyl (C=O) groups is 1. The maximum atomic E-state index is 10.9. The minimum atomic E-state index is -0.372. The molecule has 0 amide bonds. The van der Waals surface area contributed by atoms with Crippen LogP contribution in [0.5, 0.6) is 5.75 Å². The first kappa shape index (κ1) is 12.8. The summed E-state index contributed by atoms with van der Waals surface area (Å²) in [7, 11) is 1.33. The van der Waals surface area contributed by atoms with E-state index in [1.165, 1.54) is 7.11 Å². The molecule has 1 rings (SSSR count). The van der Waals surface area contributed by atoms with Crippen LogP contribution in [0.3, 0.4) is 0 Å². The quantitative estimate of drug-likeness (QED) is 0.799. The average molecular weight is 244 g/mol. The molecule has 0 aliphatic carbocycles. The number of methoxy groups -OCH3 is 1. The monoisotopic (exact) mass is 243 g/mol. The van der Waals surface area contributed by atoms with Crippen molar-refractivity contribution in [3.8, 4) is 5.75 Å². The van der Waals surface area contributed by atoms with Crippen molar-refractivity contribution in [1.82, 2.24) is 0 Å². The van der Waals surface area contributed by atoms with Gasteiger partial charge in [0.1, 0.15) is 12.4 Å². The molecule has 1 atom stereocenters. The van der Waals surface area contributed by atoms with Gasteiger partial charge in [-0.1, -0.05) is 11.6 Å². The van der Waals surface area contributed by atoms with Gasteiger partial charge in [0.05, 0.1) is 13.5 Å². The summed E-state index contributed by atoms with van der Waals surface area (Å²) in [4.78, 5) is 10.9. The van der Waals surface area contributed by atoms with Gasteiger partial charge in [-0.05, 0) is 24.3 Å². The summed E-state index contributed by atoms with van der Waals surface area (Å²) in [6, 6.07) is 6.56. The van der Waals surface area contributed by atoms with Gasteiger partial charge in [-0.2, -0.15) is 0 Å². The summed E-state index contributed by atoms with van der Waals surface area (Å²) < 4.78 is 9.87. The van der Waals surface area contributed by atoms with Crippen LogP contribution in [0.15, 0.2) is 24.3 Å². The fourth-order valence-corrected chi connectivity index (χ4v) is 1.22. The number of halogens is 1. The molecule has 0 aliphatic heterocycles. The molecule has 1 aromatic carbocycles.